The van der Waals surface area contributed by atoms with Crippen LogP contribution in [0.4, 0.5) is 0 Å². The molecule has 0 saturated carbocycles. The Morgan fingerprint density at radius 1 is 1.43 bits per heavy atom. The van der Waals surface area contributed by atoms with E-state index in [-0.39, 0.29) is 24.4 Å². The third-order valence-corrected chi connectivity index (χ3v) is 4.58. The Morgan fingerprint density at radius 2 is 2.10 bits per heavy atom. The van der Waals surface area contributed by atoms with E-state index < -0.39 is 5.97 Å². The summed E-state index contributed by atoms with van der Waals surface area (Å²) in [6, 6.07) is 0. The molecule has 1 aromatic rings. The molecule has 0 aliphatic carbocycles. The molecule has 1 N–H and O–H groups in total. The van der Waals surface area contributed by atoms with Crippen LogP contribution in [-0.2, 0) is 15.3 Å². The highest BCUT2D eigenvalue weighted by Crippen LogP contribution is 2.19. The zero-order valence-electron chi connectivity index (χ0n) is 12.9. The molecule has 1 amide bonds. The summed E-state index contributed by atoms with van der Waals surface area (Å²) in [7, 11) is 0. The number of thioether (sulfide) groups is 1. The lowest BCUT2D eigenvalue weighted by molar-refractivity contribution is -0.139. The predicted molar refractivity (Wildman–Crippen MR) is 86.7 cm³/mol. The van der Waals surface area contributed by atoms with Crippen LogP contribution in [0.2, 0.25) is 0 Å². The van der Waals surface area contributed by atoms with Crippen molar-refractivity contribution >= 4 is 35.0 Å². The van der Waals surface area contributed by atoms with E-state index in [1.807, 2.05) is 33.1 Å². The lowest BCUT2D eigenvalue weighted by Gasteiger charge is -2.35. The molecule has 21 heavy (non-hydrogen) atoms. The maximum atomic E-state index is 12.3. The van der Waals surface area contributed by atoms with Crippen LogP contribution in [0.1, 0.15) is 37.9 Å². The van der Waals surface area contributed by atoms with Gasteiger partial charge in [-0.15, -0.1) is 23.1 Å². The quantitative estimate of drug-likeness (QED) is 0.832. The molecule has 0 atom stereocenters. The van der Waals surface area contributed by atoms with Gasteiger partial charge < -0.3 is 10.0 Å². The SMILES string of the molecule is Cc1nc(CSCC(=O)N(CCC(=O)O)C(C)(C)C)cs1. The van der Waals surface area contributed by atoms with Crippen LogP contribution in [-0.4, -0.2) is 44.7 Å². The number of carboxylic acid groups (broad SMARTS) is 1. The van der Waals surface area contributed by atoms with Crippen molar-refractivity contribution in [2.75, 3.05) is 12.3 Å². The molecule has 1 heterocycles. The third kappa shape index (κ3) is 6.48. The number of amides is 1. The van der Waals surface area contributed by atoms with Crippen molar-refractivity contribution in [2.24, 2.45) is 0 Å². The minimum Gasteiger partial charge on any atom is -0.481 e. The van der Waals surface area contributed by atoms with Crippen molar-refractivity contribution in [1.29, 1.82) is 0 Å². The van der Waals surface area contributed by atoms with Gasteiger partial charge in [0.2, 0.25) is 5.91 Å². The van der Waals surface area contributed by atoms with Crippen LogP contribution in [0.25, 0.3) is 0 Å². The summed E-state index contributed by atoms with van der Waals surface area (Å²) in [5.41, 5.74) is 0.618. The minimum absolute atomic E-state index is 0.0271. The molecule has 0 fully saturated rings. The molecule has 0 aliphatic heterocycles. The van der Waals surface area contributed by atoms with Gasteiger partial charge in [-0.3, -0.25) is 9.59 Å². The van der Waals surface area contributed by atoms with Gasteiger partial charge in [0.05, 0.1) is 22.9 Å². The number of hydrogen-bond acceptors (Lipinski definition) is 5. The molecule has 0 unspecified atom stereocenters. The standard InChI is InChI=1S/C14H22N2O3S2/c1-10-15-11(8-21-10)7-20-9-12(17)16(14(2,3)4)6-5-13(18)19/h8H,5-7,9H2,1-4H3,(H,18,19). The highest BCUT2D eigenvalue weighted by molar-refractivity contribution is 7.99. The normalized spacial score (nSPS) is 11.4. The topological polar surface area (TPSA) is 70.5 Å². The molecule has 0 aromatic carbocycles. The number of aryl methyl sites for hydroxylation is 1. The number of carbonyl (C=O) groups is 2. The number of thiazole rings is 1. The Kier molecular flexibility index (Phi) is 6.67. The smallest absolute Gasteiger partial charge is 0.305 e. The van der Waals surface area contributed by atoms with Gasteiger partial charge in [-0.2, -0.15) is 0 Å². The van der Waals surface area contributed by atoms with Gasteiger partial charge >= 0.3 is 5.97 Å². The predicted octanol–water partition coefficient (Wildman–Crippen LogP) is 2.79. The molecule has 0 radical (unpaired) electrons. The first-order valence-corrected chi connectivity index (χ1v) is 8.74. The van der Waals surface area contributed by atoms with Crippen molar-refractivity contribution in [2.45, 2.75) is 45.4 Å². The number of carbonyl (C=O) groups excluding carboxylic acids is 1. The Morgan fingerprint density at radius 3 is 2.57 bits per heavy atom. The number of carboxylic acids is 1. The Bertz CT molecular complexity index is 495. The lowest BCUT2D eigenvalue weighted by Crippen LogP contribution is -2.47. The first-order valence-electron chi connectivity index (χ1n) is 6.71. The average molecular weight is 330 g/mol. The van der Waals surface area contributed by atoms with Crippen molar-refractivity contribution in [3.05, 3.63) is 16.1 Å². The Labute approximate surface area is 133 Å². The van der Waals surface area contributed by atoms with E-state index in [4.69, 9.17) is 5.11 Å². The van der Waals surface area contributed by atoms with E-state index in [2.05, 4.69) is 4.98 Å². The summed E-state index contributed by atoms with van der Waals surface area (Å²) in [4.78, 5) is 29.0. The number of nitrogens with zero attached hydrogens (tertiary/aromatic N) is 2. The molecule has 5 nitrogen and oxygen atoms in total. The summed E-state index contributed by atoms with van der Waals surface area (Å²) in [5, 5.41) is 11.8. The van der Waals surface area contributed by atoms with E-state index >= 15 is 0 Å². The van der Waals surface area contributed by atoms with Gasteiger partial charge in [0.1, 0.15) is 0 Å². The monoisotopic (exact) mass is 330 g/mol. The van der Waals surface area contributed by atoms with Crippen LogP contribution >= 0.6 is 23.1 Å². The number of hydrogen-bond donors (Lipinski definition) is 1. The van der Waals surface area contributed by atoms with E-state index in [1.165, 1.54) is 11.8 Å². The Hall–Kier alpha value is -1.08. The van der Waals surface area contributed by atoms with Gasteiger partial charge in [-0.1, -0.05) is 0 Å². The molecule has 0 spiro atoms. The second-order valence-electron chi connectivity index (χ2n) is 5.71. The zero-order chi connectivity index (χ0) is 16.0. The highest BCUT2D eigenvalue weighted by Gasteiger charge is 2.26. The lowest BCUT2D eigenvalue weighted by atomic mass is 10.1. The summed E-state index contributed by atoms with van der Waals surface area (Å²) in [6.07, 6.45) is -0.0288. The van der Waals surface area contributed by atoms with Crippen LogP contribution in [0.15, 0.2) is 5.38 Å². The zero-order valence-corrected chi connectivity index (χ0v) is 14.5. The fourth-order valence-corrected chi connectivity index (χ4v) is 3.34. The van der Waals surface area contributed by atoms with E-state index in [0.29, 0.717) is 11.5 Å². The second-order valence-corrected chi connectivity index (χ2v) is 7.76. The van der Waals surface area contributed by atoms with Gasteiger partial charge in [-0.05, 0) is 27.7 Å². The number of aliphatic carboxylic acids is 1. The van der Waals surface area contributed by atoms with Crippen LogP contribution in [0.5, 0.6) is 0 Å². The van der Waals surface area contributed by atoms with Crippen LogP contribution in [0, 0.1) is 6.92 Å². The minimum atomic E-state index is -0.886. The largest absolute Gasteiger partial charge is 0.481 e. The van der Waals surface area contributed by atoms with Crippen LogP contribution in [0.3, 0.4) is 0 Å². The van der Waals surface area contributed by atoms with E-state index in [1.54, 1.807) is 16.2 Å². The molecule has 0 saturated heterocycles. The Balaban J connectivity index is 2.50. The first kappa shape index (κ1) is 18.0. The molecule has 0 bridgehead atoms. The second kappa shape index (κ2) is 7.79. The number of rotatable bonds is 7. The van der Waals surface area contributed by atoms with Gasteiger partial charge in [0.15, 0.2) is 0 Å². The number of aromatic nitrogens is 1. The fourth-order valence-electron chi connectivity index (χ4n) is 1.84. The van der Waals surface area contributed by atoms with E-state index in [9.17, 15) is 9.59 Å². The molecule has 1 rings (SSSR count). The highest BCUT2D eigenvalue weighted by atomic mass is 32.2. The fraction of sp³-hybridized carbons (Fsp3) is 0.643. The molecule has 1 aromatic heterocycles. The molecule has 118 valence electrons. The molecular weight excluding hydrogens is 308 g/mol. The summed E-state index contributed by atoms with van der Waals surface area (Å²) >= 11 is 3.11. The molecule has 7 heteroatoms. The summed E-state index contributed by atoms with van der Waals surface area (Å²) in [5.74, 6) is 0.129. The van der Waals surface area contributed by atoms with Crippen molar-refractivity contribution in [3.63, 3.8) is 0 Å². The maximum absolute atomic E-state index is 12.3. The molecular formula is C14H22N2O3S2. The van der Waals surface area contributed by atoms with Gasteiger partial charge in [-0.25, -0.2) is 4.98 Å². The van der Waals surface area contributed by atoms with Gasteiger partial charge in [0.25, 0.3) is 0 Å². The van der Waals surface area contributed by atoms with Crippen molar-refractivity contribution in [3.8, 4) is 0 Å². The average Bonchev–Trinajstić information content (AvgIpc) is 2.73. The van der Waals surface area contributed by atoms with E-state index in [0.717, 1.165) is 10.7 Å². The summed E-state index contributed by atoms with van der Waals surface area (Å²) < 4.78 is 0. The van der Waals surface area contributed by atoms with Crippen molar-refractivity contribution in [1.82, 2.24) is 9.88 Å². The summed E-state index contributed by atoms with van der Waals surface area (Å²) in [6.45, 7) is 7.95. The van der Waals surface area contributed by atoms with Crippen molar-refractivity contribution < 1.29 is 14.7 Å². The first-order chi connectivity index (χ1) is 9.70. The third-order valence-electron chi connectivity index (χ3n) is 2.80. The maximum Gasteiger partial charge on any atom is 0.305 e. The van der Waals surface area contributed by atoms with Crippen LogP contribution < -0.4 is 0 Å². The van der Waals surface area contributed by atoms with Gasteiger partial charge in [0, 0.05) is 23.2 Å². The molecule has 0 aliphatic rings.